The minimum absolute atomic E-state index is 0.187. The zero-order valence-electron chi connectivity index (χ0n) is 17.7. The molecule has 9 nitrogen and oxygen atoms in total. The van der Waals surface area contributed by atoms with E-state index in [1.54, 1.807) is 0 Å². The van der Waals surface area contributed by atoms with E-state index in [1.165, 1.54) is 6.26 Å². The fourth-order valence-corrected chi connectivity index (χ4v) is 3.63. The number of β-amino-alcohol motifs (C(OH)–C–C–N with tert-alkyl or cyclic N) is 1. The monoisotopic (exact) mass is 409 g/mol. The van der Waals surface area contributed by atoms with Crippen molar-refractivity contribution in [1.29, 1.82) is 0 Å². The van der Waals surface area contributed by atoms with E-state index in [2.05, 4.69) is 38.8 Å². The maximum atomic E-state index is 12.1. The van der Waals surface area contributed by atoms with E-state index in [0.29, 0.717) is 43.7 Å². The van der Waals surface area contributed by atoms with E-state index in [4.69, 9.17) is 9.15 Å². The first-order chi connectivity index (χ1) is 14.0. The molecule has 0 spiro atoms. The molecule has 9 heteroatoms. The number of nitrogens with zero attached hydrogens (tertiary/aromatic N) is 4. The third kappa shape index (κ3) is 7.35. The van der Waals surface area contributed by atoms with Gasteiger partial charge in [0, 0.05) is 58.9 Å². The second kappa shape index (κ2) is 11.0. The average molecular weight is 410 g/mol. The van der Waals surface area contributed by atoms with Crippen LogP contribution in [0.3, 0.4) is 0 Å². The second-order valence-corrected chi connectivity index (χ2v) is 8.37. The molecule has 3 rings (SSSR count). The summed E-state index contributed by atoms with van der Waals surface area (Å²) in [6.45, 7) is 13.6. The molecule has 0 unspecified atom stereocenters. The van der Waals surface area contributed by atoms with E-state index < -0.39 is 0 Å². The van der Waals surface area contributed by atoms with Crippen LogP contribution in [-0.2, 0) is 11.3 Å². The minimum Gasteiger partial charge on any atom is -0.447 e. The molecule has 164 valence electrons. The lowest BCUT2D eigenvalue weighted by Crippen LogP contribution is -2.50. The maximum Gasteiger partial charge on any atom is 0.273 e. The van der Waals surface area contributed by atoms with Crippen molar-refractivity contribution in [2.75, 3.05) is 72.1 Å². The number of hydrogen-bond donors (Lipinski definition) is 2. The number of aliphatic hydroxyl groups excluding tert-OH is 1. The zero-order valence-corrected chi connectivity index (χ0v) is 17.7. The van der Waals surface area contributed by atoms with Gasteiger partial charge in [-0.2, -0.15) is 0 Å². The molecular formula is C20H35N5O4. The molecule has 1 aromatic rings. The van der Waals surface area contributed by atoms with Crippen LogP contribution < -0.4 is 5.32 Å². The first-order valence-electron chi connectivity index (χ1n) is 10.6. The van der Waals surface area contributed by atoms with Crippen LogP contribution in [0.15, 0.2) is 10.7 Å². The number of morpholine rings is 1. The van der Waals surface area contributed by atoms with Gasteiger partial charge in [0.05, 0.1) is 25.9 Å². The second-order valence-electron chi connectivity index (χ2n) is 8.37. The van der Waals surface area contributed by atoms with Crippen molar-refractivity contribution in [2.45, 2.75) is 26.5 Å². The number of rotatable bonds is 9. The van der Waals surface area contributed by atoms with Gasteiger partial charge in [0.25, 0.3) is 5.91 Å². The lowest BCUT2D eigenvalue weighted by Gasteiger charge is -2.36. The number of nitrogens with one attached hydrogen (secondary N) is 1. The topological polar surface area (TPSA) is 94.3 Å². The van der Waals surface area contributed by atoms with Crippen LogP contribution in [0.1, 0.15) is 30.2 Å². The summed E-state index contributed by atoms with van der Waals surface area (Å²) >= 11 is 0. The molecule has 29 heavy (non-hydrogen) atoms. The van der Waals surface area contributed by atoms with Crippen molar-refractivity contribution < 1.29 is 19.1 Å². The van der Waals surface area contributed by atoms with Gasteiger partial charge in [-0.1, -0.05) is 13.8 Å². The number of oxazole rings is 1. The van der Waals surface area contributed by atoms with Crippen LogP contribution in [-0.4, -0.2) is 109 Å². The van der Waals surface area contributed by atoms with E-state index in [0.717, 1.165) is 52.5 Å². The third-order valence-electron chi connectivity index (χ3n) is 5.32. The predicted molar refractivity (Wildman–Crippen MR) is 109 cm³/mol. The van der Waals surface area contributed by atoms with Gasteiger partial charge in [-0.05, 0) is 5.92 Å². The molecule has 2 fully saturated rings. The molecule has 0 aliphatic carbocycles. The van der Waals surface area contributed by atoms with Crippen molar-refractivity contribution in [3.63, 3.8) is 0 Å². The molecule has 1 atom stereocenters. The fraction of sp³-hybridized carbons (Fsp3) is 0.800. The predicted octanol–water partition coefficient (Wildman–Crippen LogP) is -0.129. The minimum atomic E-state index is -0.335. The lowest BCUT2D eigenvalue weighted by molar-refractivity contribution is 0.00187. The highest BCUT2D eigenvalue weighted by atomic mass is 16.5. The molecule has 1 aromatic heterocycles. The molecule has 2 N–H and O–H groups in total. The first-order valence-corrected chi connectivity index (χ1v) is 10.6. The number of hydrogen-bond acceptors (Lipinski definition) is 8. The highest BCUT2D eigenvalue weighted by Gasteiger charge is 2.22. The number of carbonyl (C=O) groups is 1. The van der Waals surface area contributed by atoms with Crippen molar-refractivity contribution in [3.05, 3.63) is 17.8 Å². The molecule has 0 radical (unpaired) electrons. The smallest absolute Gasteiger partial charge is 0.273 e. The normalized spacial score (nSPS) is 20.8. The summed E-state index contributed by atoms with van der Waals surface area (Å²) in [5.41, 5.74) is 0.338. The van der Waals surface area contributed by atoms with Crippen LogP contribution in [0.25, 0.3) is 0 Å². The van der Waals surface area contributed by atoms with Gasteiger partial charge in [-0.15, -0.1) is 0 Å². The van der Waals surface area contributed by atoms with Crippen LogP contribution in [0.2, 0.25) is 0 Å². The standard InChI is InChI=1S/C20H35N5O4/c1-16(2)11-21-20(27)18-15-29-19(22-18)14-24-5-3-23(4-6-24)12-17(26)13-25-7-9-28-10-8-25/h15-17,26H,3-14H2,1-2H3,(H,21,27)/t17-/m0/s1. The molecule has 0 bridgehead atoms. The summed E-state index contributed by atoms with van der Waals surface area (Å²) < 4.78 is 10.8. The highest BCUT2D eigenvalue weighted by Crippen LogP contribution is 2.10. The maximum absolute atomic E-state index is 12.1. The molecular weight excluding hydrogens is 374 g/mol. The Hall–Kier alpha value is -1.52. The van der Waals surface area contributed by atoms with E-state index >= 15 is 0 Å². The van der Waals surface area contributed by atoms with Crippen molar-refractivity contribution >= 4 is 5.91 Å². The van der Waals surface area contributed by atoms with Gasteiger partial charge >= 0.3 is 0 Å². The Morgan fingerprint density at radius 3 is 2.38 bits per heavy atom. The molecule has 0 saturated carbocycles. The number of ether oxygens (including phenoxy) is 1. The summed E-state index contributed by atoms with van der Waals surface area (Å²) in [4.78, 5) is 23.2. The SMILES string of the molecule is CC(C)CNC(=O)c1coc(CN2CCN(C[C@H](O)CN3CCOCC3)CC2)n1. The number of aromatic nitrogens is 1. The Morgan fingerprint density at radius 1 is 1.10 bits per heavy atom. The molecule has 0 aromatic carbocycles. The quantitative estimate of drug-likeness (QED) is 0.583. The average Bonchev–Trinajstić information content (AvgIpc) is 3.17. The van der Waals surface area contributed by atoms with Gasteiger partial charge in [0.2, 0.25) is 5.89 Å². The largest absolute Gasteiger partial charge is 0.447 e. The summed E-state index contributed by atoms with van der Waals surface area (Å²) in [7, 11) is 0. The van der Waals surface area contributed by atoms with Crippen LogP contribution in [0.5, 0.6) is 0 Å². The lowest BCUT2D eigenvalue weighted by atomic mass is 10.2. The summed E-state index contributed by atoms with van der Waals surface area (Å²) in [6.07, 6.45) is 1.10. The molecule has 3 heterocycles. The van der Waals surface area contributed by atoms with Gasteiger partial charge < -0.3 is 19.6 Å². The Morgan fingerprint density at radius 2 is 1.72 bits per heavy atom. The zero-order chi connectivity index (χ0) is 20.6. The Bertz CT molecular complexity index is 624. The van der Waals surface area contributed by atoms with Gasteiger partial charge in [0.1, 0.15) is 6.26 Å². The van der Waals surface area contributed by atoms with E-state index in [9.17, 15) is 9.90 Å². The summed E-state index contributed by atoms with van der Waals surface area (Å²) in [5, 5.41) is 13.2. The van der Waals surface area contributed by atoms with Gasteiger partial charge in [0.15, 0.2) is 5.69 Å². The van der Waals surface area contributed by atoms with Crippen LogP contribution in [0, 0.1) is 5.92 Å². The number of aliphatic hydroxyl groups is 1. The molecule has 2 aliphatic heterocycles. The molecule has 1 amide bonds. The number of piperazine rings is 1. The fourth-order valence-electron chi connectivity index (χ4n) is 3.63. The summed E-state index contributed by atoms with van der Waals surface area (Å²) in [6, 6.07) is 0. The van der Waals surface area contributed by atoms with E-state index in [1.807, 2.05) is 0 Å². The van der Waals surface area contributed by atoms with Gasteiger partial charge in [-0.3, -0.25) is 19.5 Å². The van der Waals surface area contributed by atoms with Crippen molar-refractivity contribution in [1.82, 2.24) is 25.0 Å². The Balaban J connectivity index is 1.36. The molecule has 2 saturated heterocycles. The third-order valence-corrected chi connectivity index (χ3v) is 5.32. The Labute approximate surface area is 173 Å². The van der Waals surface area contributed by atoms with E-state index in [-0.39, 0.29) is 12.0 Å². The van der Waals surface area contributed by atoms with Crippen LogP contribution in [0.4, 0.5) is 0 Å². The highest BCUT2D eigenvalue weighted by molar-refractivity contribution is 5.91. The summed E-state index contributed by atoms with van der Waals surface area (Å²) in [5.74, 6) is 0.780. The van der Waals surface area contributed by atoms with Crippen molar-refractivity contribution in [3.8, 4) is 0 Å². The molecule has 2 aliphatic rings. The Kier molecular flexibility index (Phi) is 8.43. The first kappa shape index (κ1) is 22.2. The van der Waals surface area contributed by atoms with Crippen molar-refractivity contribution in [2.24, 2.45) is 5.92 Å². The number of amides is 1. The van der Waals surface area contributed by atoms with Crippen LogP contribution >= 0.6 is 0 Å². The van der Waals surface area contributed by atoms with Gasteiger partial charge in [-0.25, -0.2) is 4.98 Å². The number of carbonyl (C=O) groups excluding carboxylic acids is 1.